The second kappa shape index (κ2) is 13.9. The third-order valence-corrected chi connectivity index (χ3v) is 6.96. The van der Waals surface area contributed by atoms with E-state index in [-0.39, 0.29) is 12.2 Å². The van der Waals surface area contributed by atoms with Gasteiger partial charge in [-0.15, -0.1) is 0 Å². The molecule has 0 bridgehead atoms. The zero-order valence-electron chi connectivity index (χ0n) is 23.7. The van der Waals surface area contributed by atoms with Gasteiger partial charge in [-0.1, -0.05) is 49.4 Å². The molecule has 1 amide bonds. The predicted molar refractivity (Wildman–Crippen MR) is 161 cm³/mol. The first-order valence-corrected chi connectivity index (χ1v) is 13.9. The smallest absolute Gasteiger partial charge is 0.252 e. The monoisotopic (exact) mass is 558 g/mol. The van der Waals surface area contributed by atoms with Crippen molar-refractivity contribution in [2.45, 2.75) is 45.9 Å². The molecule has 4 aromatic rings. The van der Waals surface area contributed by atoms with Crippen LogP contribution in [0.1, 0.15) is 53.9 Å². The number of aliphatic hydroxyl groups excluding tert-OH is 2. The number of rotatable bonds is 14. The van der Waals surface area contributed by atoms with Gasteiger partial charge in [0.1, 0.15) is 0 Å². The molecule has 0 saturated heterocycles. The molecule has 0 fully saturated rings. The first kappa shape index (κ1) is 29.8. The molecule has 0 aliphatic heterocycles. The summed E-state index contributed by atoms with van der Waals surface area (Å²) in [6, 6.07) is 18.2. The van der Waals surface area contributed by atoms with Gasteiger partial charge in [0.25, 0.3) is 5.91 Å². The molecule has 1 heterocycles. The van der Waals surface area contributed by atoms with Crippen molar-refractivity contribution in [2.24, 2.45) is 5.73 Å². The standard InChI is InChI=1S/C32H38N4O5/c1-4-22-21(17-34-27(19-37)31(38)20-11-8-7-9-12-20)13-10-14-25(22)36-30-23-15-28(40-5-2)29(41-6-3)16-26(23)35-18-24(30)32(33)39/h7-16,18,27,31,34,37-38H,4-6,17,19H2,1-3H3,(H2,33,39)(H,35,36)/t27-,31-/m1/s1. The lowest BCUT2D eigenvalue weighted by atomic mass is 9.99. The minimum absolute atomic E-state index is 0.230. The number of carbonyl (C=O) groups is 1. The Bertz CT molecular complexity index is 1480. The Morgan fingerprint density at radius 2 is 1.71 bits per heavy atom. The molecule has 216 valence electrons. The Hall–Kier alpha value is -4.18. The minimum Gasteiger partial charge on any atom is -0.490 e. The van der Waals surface area contributed by atoms with Crippen molar-refractivity contribution >= 4 is 28.2 Å². The predicted octanol–water partition coefficient (Wildman–Crippen LogP) is 4.62. The van der Waals surface area contributed by atoms with Crippen molar-refractivity contribution in [1.82, 2.24) is 10.3 Å². The van der Waals surface area contributed by atoms with Crippen molar-refractivity contribution < 1.29 is 24.5 Å². The summed E-state index contributed by atoms with van der Waals surface area (Å²) in [5.41, 5.74) is 10.7. The number of amides is 1. The maximum Gasteiger partial charge on any atom is 0.252 e. The Morgan fingerprint density at radius 1 is 1.00 bits per heavy atom. The van der Waals surface area contributed by atoms with E-state index in [4.69, 9.17) is 15.2 Å². The fourth-order valence-electron chi connectivity index (χ4n) is 4.93. The van der Waals surface area contributed by atoms with Gasteiger partial charge in [-0.2, -0.15) is 0 Å². The Balaban J connectivity index is 1.70. The molecule has 41 heavy (non-hydrogen) atoms. The molecule has 2 atom stereocenters. The zero-order valence-corrected chi connectivity index (χ0v) is 23.7. The van der Waals surface area contributed by atoms with E-state index >= 15 is 0 Å². The molecule has 0 unspecified atom stereocenters. The highest BCUT2D eigenvalue weighted by Crippen LogP contribution is 2.38. The highest BCUT2D eigenvalue weighted by molar-refractivity contribution is 6.08. The number of benzene rings is 3. The van der Waals surface area contributed by atoms with Gasteiger partial charge in [-0.05, 0) is 49.1 Å². The van der Waals surface area contributed by atoms with Gasteiger partial charge in [0, 0.05) is 29.9 Å². The van der Waals surface area contributed by atoms with E-state index in [0.29, 0.717) is 54.3 Å². The normalized spacial score (nSPS) is 12.6. The molecule has 0 spiro atoms. The lowest BCUT2D eigenvalue weighted by molar-refractivity contribution is 0.0891. The Labute approximate surface area is 240 Å². The van der Waals surface area contributed by atoms with Crippen LogP contribution in [-0.2, 0) is 13.0 Å². The molecule has 6 N–H and O–H groups in total. The van der Waals surface area contributed by atoms with Gasteiger partial charge in [0.15, 0.2) is 11.5 Å². The molecular weight excluding hydrogens is 520 g/mol. The molecule has 0 aliphatic rings. The number of nitrogens with one attached hydrogen (secondary N) is 2. The number of fused-ring (bicyclic) bond motifs is 1. The van der Waals surface area contributed by atoms with Gasteiger partial charge in [-0.25, -0.2) is 0 Å². The van der Waals surface area contributed by atoms with E-state index in [1.807, 2.05) is 75.4 Å². The third-order valence-electron chi connectivity index (χ3n) is 6.96. The van der Waals surface area contributed by atoms with Crippen LogP contribution in [0.4, 0.5) is 11.4 Å². The van der Waals surface area contributed by atoms with Crippen molar-refractivity contribution in [3.8, 4) is 11.5 Å². The van der Waals surface area contributed by atoms with Gasteiger partial charge < -0.3 is 36.1 Å². The number of carbonyl (C=O) groups excluding carboxylic acids is 1. The summed E-state index contributed by atoms with van der Waals surface area (Å²) < 4.78 is 11.6. The van der Waals surface area contributed by atoms with E-state index < -0.39 is 18.1 Å². The fourth-order valence-corrected chi connectivity index (χ4v) is 4.93. The van der Waals surface area contributed by atoms with E-state index in [9.17, 15) is 15.0 Å². The Morgan fingerprint density at radius 3 is 2.34 bits per heavy atom. The van der Waals surface area contributed by atoms with E-state index in [1.165, 1.54) is 6.20 Å². The molecule has 9 nitrogen and oxygen atoms in total. The number of hydrogen-bond donors (Lipinski definition) is 5. The first-order valence-electron chi connectivity index (χ1n) is 13.9. The largest absolute Gasteiger partial charge is 0.490 e. The number of ether oxygens (including phenoxy) is 2. The lowest BCUT2D eigenvalue weighted by Crippen LogP contribution is -2.37. The maximum absolute atomic E-state index is 12.5. The van der Waals surface area contributed by atoms with Crippen LogP contribution < -0.4 is 25.8 Å². The van der Waals surface area contributed by atoms with Crippen molar-refractivity contribution in [3.63, 3.8) is 0 Å². The van der Waals surface area contributed by atoms with Crippen LogP contribution in [-0.4, -0.2) is 47.0 Å². The summed E-state index contributed by atoms with van der Waals surface area (Å²) in [6.07, 6.45) is 1.30. The van der Waals surface area contributed by atoms with Crippen LogP contribution in [0.15, 0.2) is 66.9 Å². The van der Waals surface area contributed by atoms with E-state index in [1.54, 1.807) is 6.07 Å². The molecule has 4 rings (SSSR count). The van der Waals surface area contributed by atoms with Crippen LogP contribution in [0.5, 0.6) is 11.5 Å². The molecular formula is C32H38N4O5. The number of nitrogens with zero attached hydrogens (tertiary/aromatic N) is 1. The highest BCUT2D eigenvalue weighted by Gasteiger charge is 2.21. The minimum atomic E-state index is -0.866. The van der Waals surface area contributed by atoms with E-state index in [2.05, 4.69) is 15.6 Å². The van der Waals surface area contributed by atoms with Crippen LogP contribution in [0.3, 0.4) is 0 Å². The summed E-state index contributed by atoms with van der Waals surface area (Å²) in [6.45, 7) is 6.94. The summed E-state index contributed by atoms with van der Waals surface area (Å²) in [7, 11) is 0. The SMILES string of the molecule is CCOc1cc2ncc(C(N)=O)c(Nc3cccc(CN[C@H](CO)[C@H](O)c4ccccc4)c3CC)c2cc1OCC. The van der Waals surface area contributed by atoms with Crippen LogP contribution >= 0.6 is 0 Å². The van der Waals surface area contributed by atoms with Crippen LogP contribution in [0, 0.1) is 0 Å². The summed E-state index contributed by atoms with van der Waals surface area (Å²) in [4.78, 5) is 17.0. The zero-order chi connectivity index (χ0) is 29.4. The quantitative estimate of drug-likeness (QED) is 0.151. The van der Waals surface area contributed by atoms with Gasteiger partial charge in [0.05, 0.1) is 48.7 Å². The number of aliphatic hydroxyl groups is 2. The topological polar surface area (TPSA) is 139 Å². The number of nitrogens with two attached hydrogens (primary N) is 1. The highest BCUT2D eigenvalue weighted by atomic mass is 16.5. The average molecular weight is 559 g/mol. The van der Waals surface area contributed by atoms with Crippen molar-refractivity contribution in [3.05, 3.63) is 89.1 Å². The van der Waals surface area contributed by atoms with Crippen LogP contribution in [0.2, 0.25) is 0 Å². The number of primary amides is 1. The fraction of sp³-hybridized carbons (Fsp3) is 0.312. The maximum atomic E-state index is 12.5. The number of pyridine rings is 1. The number of hydrogen-bond acceptors (Lipinski definition) is 8. The lowest BCUT2D eigenvalue weighted by Gasteiger charge is -2.24. The van der Waals surface area contributed by atoms with Gasteiger partial charge in [-0.3, -0.25) is 9.78 Å². The first-order chi connectivity index (χ1) is 19.9. The summed E-state index contributed by atoms with van der Waals surface area (Å²) in [5.74, 6) is 0.518. The average Bonchev–Trinajstić information content (AvgIpc) is 2.98. The molecule has 9 heteroatoms. The second-order valence-electron chi connectivity index (χ2n) is 9.54. The molecule has 0 aliphatic carbocycles. The van der Waals surface area contributed by atoms with Gasteiger partial charge in [0.2, 0.25) is 0 Å². The molecule has 0 radical (unpaired) electrons. The Kier molecular flexibility index (Phi) is 10.1. The third kappa shape index (κ3) is 6.77. The molecule has 0 saturated carbocycles. The number of anilines is 2. The molecule has 1 aromatic heterocycles. The van der Waals surface area contributed by atoms with Crippen molar-refractivity contribution in [1.29, 1.82) is 0 Å². The summed E-state index contributed by atoms with van der Waals surface area (Å²) in [5, 5.41) is 28.3. The van der Waals surface area contributed by atoms with Gasteiger partial charge >= 0.3 is 0 Å². The summed E-state index contributed by atoms with van der Waals surface area (Å²) >= 11 is 0. The molecule has 3 aromatic carbocycles. The second-order valence-corrected chi connectivity index (χ2v) is 9.54. The van der Waals surface area contributed by atoms with E-state index in [0.717, 1.165) is 22.4 Å². The van der Waals surface area contributed by atoms with Crippen molar-refractivity contribution in [2.75, 3.05) is 25.1 Å². The number of aromatic nitrogens is 1. The van der Waals surface area contributed by atoms with Crippen LogP contribution in [0.25, 0.3) is 10.9 Å².